The molecule has 0 heterocycles. The van der Waals surface area contributed by atoms with Crippen LogP contribution in [-0.4, -0.2) is 13.0 Å². The fourth-order valence-electron chi connectivity index (χ4n) is 2.44. The zero-order valence-electron chi connectivity index (χ0n) is 10.4. The molecule has 1 aromatic carbocycles. The van der Waals surface area contributed by atoms with E-state index in [1.54, 1.807) is 7.05 Å². The van der Waals surface area contributed by atoms with E-state index < -0.39 is 0 Å². The van der Waals surface area contributed by atoms with Crippen molar-refractivity contribution in [3.8, 4) is 0 Å². The van der Waals surface area contributed by atoms with Gasteiger partial charge in [-0.05, 0) is 48.8 Å². The Balaban J connectivity index is 1.81. The highest BCUT2D eigenvalue weighted by atomic mass is 16.2. The molecule has 17 heavy (non-hydrogen) atoms. The first-order chi connectivity index (χ1) is 8.29. The van der Waals surface area contributed by atoms with E-state index in [0.29, 0.717) is 6.42 Å². The Hall–Kier alpha value is -1.35. The summed E-state index contributed by atoms with van der Waals surface area (Å²) in [6.07, 6.45) is 6.24. The lowest BCUT2D eigenvalue weighted by molar-refractivity contribution is -0.122. The molecule has 1 aromatic rings. The Morgan fingerprint density at radius 2 is 2.12 bits per heavy atom. The molecule has 3 heteroatoms. The van der Waals surface area contributed by atoms with Gasteiger partial charge in [0.25, 0.3) is 0 Å². The fraction of sp³-hybridized carbons (Fsp3) is 0.500. The molecule has 0 unspecified atom stereocenters. The highest BCUT2D eigenvalue weighted by molar-refractivity contribution is 5.75. The van der Waals surface area contributed by atoms with Crippen LogP contribution in [0.15, 0.2) is 18.2 Å². The van der Waals surface area contributed by atoms with E-state index in [1.807, 2.05) is 0 Å². The summed E-state index contributed by atoms with van der Waals surface area (Å²) in [5.74, 6) is 0.0636. The number of carbonyl (C=O) groups excluding carboxylic acids is 1. The summed E-state index contributed by atoms with van der Waals surface area (Å²) >= 11 is 0. The number of hydrazine groups is 1. The summed E-state index contributed by atoms with van der Waals surface area (Å²) in [7, 11) is 1.71. The van der Waals surface area contributed by atoms with Gasteiger partial charge in [-0.1, -0.05) is 18.2 Å². The van der Waals surface area contributed by atoms with Gasteiger partial charge in [0.05, 0.1) is 0 Å². The molecular formula is C14H20N2O. The van der Waals surface area contributed by atoms with Crippen molar-refractivity contribution in [2.24, 2.45) is 0 Å². The first-order valence-corrected chi connectivity index (χ1v) is 6.36. The van der Waals surface area contributed by atoms with Crippen molar-refractivity contribution < 1.29 is 4.79 Å². The molecule has 0 saturated carbocycles. The maximum absolute atomic E-state index is 11.2. The summed E-state index contributed by atoms with van der Waals surface area (Å²) in [6.45, 7) is 0. The van der Waals surface area contributed by atoms with Crippen molar-refractivity contribution in [2.75, 3.05) is 7.05 Å². The third-order valence-corrected chi connectivity index (χ3v) is 3.30. The summed E-state index contributed by atoms with van der Waals surface area (Å²) in [5, 5.41) is 0. The van der Waals surface area contributed by atoms with Gasteiger partial charge in [-0.15, -0.1) is 0 Å². The normalized spacial score (nSPS) is 13.5. The van der Waals surface area contributed by atoms with E-state index in [0.717, 1.165) is 12.8 Å². The summed E-state index contributed by atoms with van der Waals surface area (Å²) in [5.41, 5.74) is 9.63. The quantitative estimate of drug-likeness (QED) is 0.759. The number of nitrogens with one attached hydrogen (secondary N) is 2. The van der Waals surface area contributed by atoms with Gasteiger partial charge in [-0.3, -0.25) is 10.2 Å². The molecule has 0 bridgehead atoms. The molecule has 0 aromatic heterocycles. The largest absolute Gasteiger partial charge is 0.292 e. The number of rotatable bonds is 5. The first-order valence-electron chi connectivity index (χ1n) is 6.36. The van der Waals surface area contributed by atoms with E-state index >= 15 is 0 Å². The SMILES string of the molecule is CNNC(=O)CCCc1ccc2c(c1)CCC2. The standard InChI is InChI=1S/C14H20N2O/c1-15-16-14(17)7-2-4-11-8-9-12-5-3-6-13(12)10-11/h8-10,15H,2-7H2,1H3,(H,16,17). The zero-order chi connectivity index (χ0) is 12.1. The zero-order valence-corrected chi connectivity index (χ0v) is 10.4. The van der Waals surface area contributed by atoms with Crippen LogP contribution in [-0.2, 0) is 24.1 Å². The van der Waals surface area contributed by atoms with Crippen LogP contribution in [0.2, 0.25) is 0 Å². The molecule has 92 valence electrons. The van der Waals surface area contributed by atoms with Crippen molar-refractivity contribution >= 4 is 5.91 Å². The summed E-state index contributed by atoms with van der Waals surface area (Å²) in [6, 6.07) is 6.78. The Labute approximate surface area is 103 Å². The van der Waals surface area contributed by atoms with Crippen molar-refractivity contribution in [1.29, 1.82) is 0 Å². The molecule has 1 aliphatic rings. The van der Waals surface area contributed by atoms with Crippen LogP contribution >= 0.6 is 0 Å². The minimum atomic E-state index is 0.0636. The minimum Gasteiger partial charge on any atom is -0.292 e. The average molecular weight is 232 g/mol. The van der Waals surface area contributed by atoms with Crippen LogP contribution in [0.25, 0.3) is 0 Å². The number of benzene rings is 1. The molecule has 3 nitrogen and oxygen atoms in total. The number of carbonyl (C=O) groups is 1. The first kappa shape index (κ1) is 12.1. The van der Waals surface area contributed by atoms with Gasteiger partial charge in [0.15, 0.2) is 0 Å². The van der Waals surface area contributed by atoms with Crippen LogP contribution in [0.5, 0.6) is 0 Å². The number of hydrogen-bond acceptors (Lipinski definition) is 2. The maximum atomic E-state index is 11.2. The maximum Gasteiger partial charge on any atom is 0.234 e. The smallest absolute Gasteiger partial charge is 0.234 e. The molecule has 0 saturated heterocycles. The molecule has 0 aliphatic heterocycles. The highest BCUT2D eigenvalue weighted by Crippen LogP contribution is 2.23. The molecule has 2 N–H and O–H groups in total. The monoisotopic (exact) mass is 232 g/mol. The Bertz CT molecular complexity index is 401. The van der Waals surface area contributed by atoms with E-state index in [1.165, 1.54) is 36.0 Å². The summed E-state index contributed by atoms with van der Waals surface area (Å²) < 4.78 is 0. The van der Waals surface area contributed by atoms with Gasteiger partial charge >= 0.3 is 0 Å². The van der Waals surface area contributed by atoms with Crippen molar-refractivity contribution in [2.45, 2.75) is 38.5 Å². The molecule has 0 radical (unpaired) electrons. The van der Waals surface area contributed by atoms with Gasteiger partial charge in [0, 0.05) is 13.5 Å². The van der Waals surface area contributed by atoms with Crippen LogP contribution in [0.1, 0.15) is 36.0 Å². The van der Waals surface area contributed by atoms with E-state index in [9.17, 15) is 4.79 Å². The lowest BCUT2D eigenvalue weighted by atomic mass is 10.0. The number of amides is 1. The second kappa shape index (κ2) is 5.82. The van der Waals surface area contributed by atoms with Crippen molar-refractivity contribution in [3.05, 3.63) is 34.9 Å². The predicted molar refractivity (Wildman–Crippen MR) is 68.6 cm³/mol. The van der Waals surface area contributed by atoms with Crippen LogP contribution in [0.4, 0.5) is 0 Å². The van der Waals surface area contributed by atoms with Gasteiger partial charge in [0.1, 0.15) is 0 Å². The number of hydrogen-bond donors (Lipinski definition) is 2. The second-order valence-corrected chi connectivity index (χ2v) is 4.61. The van der Waals surface area contributed by atoms with Gasteiger partial charge in [-0.2, -0.15) is 0 Å². The molecule has 0 spiro atoms. The Morgan fingerprint density at radius 1 is 1.29 bits per heavy atom. The molecule has 2 rings (SSSR count). The van der Waals surface area contributed by atoms with Gasteiger partial charge < -0.3 is 0 Å². The van der Waals surface area contributed by atoms with E-state index in [-0.39, 0.29) is 5.91 Å². The summed E-state index contributed by atoms with van der Waals surface area (Å²) in [4.78, 5) is 11.2. The third kappa shape index (κ3) is 3.30. The molecular weight excluding hydrogens is 212 g/mol. The van der Waals surface area contributed by atoms with Crippen LogP contribution in [0.3, 0.4) is 0 Å². The van der Waals surface area contributed by atoms with Crippen molar-refractivity contribution in [3.63, 3.8) is 0 Å². The predicted octanol–water partition coefficient (Wildman–Crippen LogP) is 1.75. The van der Waals surface area contributed by atoms with Gasteiger partial charge in [0.2, 0.25) is 5.91 Å². The Morgan fingerprint density at radius 3 is 2.94 bits per heavy atom. The second-order valence-electron chi connectivity index (χ2n) is 4.61. The lowest BCUT2D eigenvalue weighted by Crippen LogP contribution is -2.33. The molecule has 1 aliphatic carbocycles. The molecule has 1 amide bonds. The average Bonchev–Trinajstić information content (AvgIpc) is 2.76. The van der Waals surface area contributed by atoms with Crippen LogP contribution in [0, 0.1) is 0 Å². The van der Waals surface area contributed by atoms with Gasteiger partial charge in [-0.25, -0.2) is 5.43 Å². The topological polar surface area (TPSA) is 41.1 Å². The van der Waals surface area contributed by atoms with Crippen LogP contribution < -0.4 is 10.9 Å². The highest BCUT2D eigenvalue weighted by Gasteiger charge is 2.10. The van der Waals surface area contributed by atoms with E-state index in [2.05, 4.69) is 29.1 Å². The van der Waals surface area contributed by atoms with E-state index in [4.69, 9.17) is 0 Å². The minimum absolute atomic E-state index is 0.0636. The molecule has 0 atom stereocenters. The Kier molecular flexibility index (Phi) is 4.15. The van der Waals surface area contributed by atoms with Crippen molar-refractivity contribution in [1.82, 2.24) is 10.9 Å². The third-order valence-electron chi connectivity index (χ3n) is 3.30. The fourth-order valence-corrected chi connectivity index (χ4v) is 2.44. The number of aryl methyl sites for hydroxylation is 3. The molecule has 0 fully saturated rings. The lowest BCUT2D eigenvalue weighted by Gasteiger charge is -2.05. The number of fused-ring (bicyclic) bond motifs is 1.